The van der Waals surface area contributed by atoms with Gasteiger partial charge >= 0.3 is 0 Å². The molecule has 0 fully saturated rings. The average Bonchev–Trinajstić information content (AvgIpc) is 3.23. The standard InChI is InChI=1S/C21H14N2O2/c24-21-18-19(17-11-6-12-23(17)21)22-16-10-5-4-9-15(16)20(18)25-13-14-7-2-1-3-8-14/h1-12H,13H2. The molecule has 4 nitrogen and oxygen atoms in total. The first-order valence-electron chi connectivity index (χ1n) is 8.15. The summed E-state index contributed by atoms with van der Waals surface area (Å²) in [7, 11) is 0. The summed E-state index contributed by atoms with van der Waals surface area (Å²) in [6.07, 6.45) is 1.77. The second-order valence-electron chi connectivity index (χ2n) is 6.02. The predicted octanol–water partition coefficient (Wildman–Crippen LogP) is 4.28. The van der Waals surface area contributed by atoms with Crippen LogP contribution in [0.25, 0.3) is 22.3 Å². The molecule has 25 heavy (non-hydrogen) atoms. The van der Waals surface area contributed by atoms with E-state index in [1.54, 1.807) is 10.8 Å². The second-order valence-corrected chi connectivity index (χ2v) is 6.02. The van der Waals surface area contributed by atoms with Crippen molar-refractivity contribution < 1.29 is 9.53 Å². The Bertz CT molecular complexity index is 1110. The van der Waals surface area contributed by atoms with Crippen LogP contribution in [0.1, 0.15) is 15.9 Å². The third-order valence-electron chi connectivity index (χ3n) is 4.49. The van der Waals surface area contributed by atoms with Crippen LogP contribution in [0.5, 0.6) is 5.75 Å². The summed E-state index contributed by atoms with van der Waals surface area (Å²) in [6.45, 7) is 0.406. The van der Waals surface area contributed by atoms with E-state index in [9.17, 15) is 4.79 Å². The van der Waals surface area contributed by atoms with Crippen molar-refractivity contribution in [1.29, 1.82) is 0 Å². The number of carbonyl (C=O) groups excluding carboxylic acids is 1. The molecule has 2 aromatic carbocycles. The number of hydrogen-bond acceptors (Lipinski definition) is 3. The first-order valence-corrected chi connectivity index (χ1v) is 8.15. The van der Waals surface area contributed by atoms with Crippen molar-refractivity contribution >= 4 is 16.8 Å². The molecular weight excluding hydrogens is 312 g/mol. The number of hydrogen-bond donors (Lipinski definition) is 0. The zero-order valence-corrected chi connectivity index (χ0v) is 13.3. The number of para-hydroxylation sites is 1. The molecule has 5 rings (SSSR count). The van der Waals surface area contributed by atoms with E-state index in [0.29, 0.717) is 23.6 Å². The van der Waals surface area contributed by atoms with Gasteiger partial charge in [-0.05, 0) is 29.8 Å². The lowest BCUT2D eigenvalue weighted by Crippen LogP contribution is -2.08. The van der Waals surface area contributed by atoms with E-state index in [2.05, 4.69) is 0 Å². The molecule has 120 valence electrons. The highest BCUT2D eigenvalue weighted by molar-refractivity contribution is 6.13. The molecule has 0 unspecified atom stereocenters. The number of pyridine rings is 1. The van der Waals surface area contributed by atoms with Gasteiger partial charge in [0.25, 0.3) is 5.91 Å². The van der Waals surface area contributed by atoms with Crippen LogP contribution in [0.15, 0.2) is 72.9 Å². The third kappa shape index (κ3) is 2.08. The molecule has 0 saturated carbocycles. The van der Waals surface area contributed by atoms with Crippen molar-refractivity contribution in [2.75, 3.05) is 0 Å². The Morgan fingerprint density at radius 3 is 2.60 bits per heavy atom. The molecule has 3 heterocycles. The van der Waals surface area contributed by atoms with Crippen molar-refractivity contribution in [1.82, 2.24) is 9.55 Å². The van der Waals surface area contributed by atoms with E-state index in [1.807, 2.05) is 66.7 Å². The van der Waals surface area contributed by atoms with E-state index >= 15 is 0 Å². The molecule has 4 aromatic rings. The van der Waals surface area contributed by atoms with Crippen LogP contribution in [0, 0.1) is 0 Å². The first-order chi connectivity index (χ1) is 12.3. The summed E-state index contributed by atoms with van der Waals surface area (Å²) < 4.78 is 7.78. The van der Waals surface area contributed by atoms with Gasteiger partial charge in [-0.2, -0.15) is 0 Å². The highest BCUT2D eigenvalue weighted by atomic mass is 16.5. The van der Waals surface area contributed by atoms with Crippen LogP contribution >= 0.6 is 0 Å². The van der Waals surface area contributed by atoms with Gasteiger partial charge in [0, 0.05) is 11.6 Å². The van der Waals surface area contributed by atoms with Crippen molar-refractivity contribution in [2.45, 2.75) is 6.61 Å². The summed E-state index contributed by atoms with van der Waals surface area (Å²) in [5, 5.41) is 0.858. The lowest BCUT2D eigenvalue weighted by Gasteiger charge is -2.13. The Hall–Kier alpha value is -3.40. The topological polar surface area (TPSA) is 44.1 Å². The second kappa shape index (κ2) is 5.31. The minimum Gasteiger partial charge on any atom is -0.487 e. The molecule has 0 N–H and O–H groups in total. The Kier molecular flexibility index (Phi) is 2.97. The number of benzene rings is 2. The summed E-state index contributed by atoms with van der Waals surface area (Å²) in [5.41, 5.74) is 3.94. The fourth-order valence-electron chi connectivity index (χ4n) is 3.32. The lowest BCUT2D eigenvalue weighted by atomic mass is 10.1. The Balaban J connectivity index is 1.70. The number of fused-ring (bicyclic) bond motifs is 4. The fourth-order valence-corrected chi connectivity index (χ4v) is 3.32. The summed E-state index contributed by atoms with van der Waals surface area (Å²) in [4.78, 5) is 17.6. The average molecular weight is 326 g/mol. The summed E-state index contributed by atoms with van der Waals surface area (Å²) >= 11 is 0. The molecule has 0 atom stereocenters. The van der Waals surface area contributed by atoms with Crippen molar-refractivity contribution in [2.24, 2.45) is 0 Å². The van der Waals surface area contributed by atoms with Gasteiger partial charge in [-0.1, -0.05) is 42.5 Å². The number of ether oxygens (including phenoxy) is 1. The number of rotatable bonds is 3. The molecule has 0 radical (unpaired) electrons. The van der Waals surface area contributed by atoms with Gasteiger partial charge in [-0.15, -0.1) is 0 Å². The minimum absolute atomic E-state index is 0.0867. The normalized spacial score (nSPS) is 12.2. The smallest absolute Gasteiger partial charge is 0.268 e. The van der Waals surface area contributed by atoms with Crippen molar-refractivity contribution in [3.05, 3.63) is 84.1 Å². The Labute approximate surface area is 144 Å². The fraction of sp³-hybridized carbons (Fsp3) is 0.0476. The van der Waals surface area contributed by atoms with E-state index in [1.165, 1.54) is 0 Å². The monoisotopic (exact) mass is 326 g/mol. The van der Waals surface area contributed by atoms with Crippen LogP contribution in [-0.2, 0) is 6.61 Å². The van der Waals surface area contributed by atoms with Crippen LogP contribution < -0.4 is 4.74 Å². The van der Waals surface area contributed by atoms with Gasteiger partial charge in [-0.25, -0.2) is 4.98 Å². The minimum atomic E-state index is -0.0867. The highest BCUT2D eigenvalue weighted by Gasteiger charge is 2.32. The molecule has 0 spiro atoms. The maximum absolute atomic E-state index is 12.9. The Morgan fingerprint density at radius 2 is 1.72 bits per heavy atom. The summed E-state index contributed by atoms with van der Waals surface area (Å²) in [6, 6.07) is 21.5. The molecule has 0 amide bonds. The van der Waals surface area contributed by atoms with Crippen molar-refractivity contribution in [3.63, 3.8) is 0 Å². The highest BCUT2D eigenvalue weighted by Crippen LogP contribution is 2.40. The largest absolute Gasteiger partial charge is 0.487 e. The Morgan fingerprint density at radius 1 is 0.920 bits per heavy atom. The molecule has 1 aliphatic heterocycles. The van der Waals surface area contributed by atoms with Gasteiger partial charge in [0.15, 0.2) is 0 Å². The van der Waals surface area contributed by atoms with E-state index in [-0.39, 0.29) is 5.91 Å². The van der Waals surface area contributed by atoms with Crippen LogP contribution in [-0.4, -0.2) is 15.5 Å². The molecule has 1 aliphatic rings. The summed E-state index contributed by atoms with van der Waals surface area (Å²) in [5.74, 6) is 0.523. The van der Waals surface area contributed by atoms with E-state index in [4.69, 9.17) is 9.72 Å². The van der Waals surface area contributed by atoms with Gasteiger partial charge in [0.2, 0.25) is 0 Å². The molecule has 2 aromatic heterocycles. The zero-order valence-electron chi connectivity index (χ0n) is 13.3. The van der Waals surface area contributed by atoms with Gasteiger partial charge in [0.1, 0.15) is 23.6 Å². The lowest BCUT2D eigenvalue weighted by molar-refractivity contribution is 0.0965. The van der Waals surface area contributed by atoms with Crippen LogP contribution in [0.3, 0.4) is 0 Å². The first kappa shape index (κ1) is 14.0. The molecule has 4 heteroatoms. The molecule has 0 saturated heterocycles. The molecule has 0 bridgehead atoms. The molecular formula is C21H14N2O2. The third-order valence-corrected chi connectivity index (χ3v) is 4.49. The van der Waals surface area contributed by atoms with Gasteiger partial charge in [0.05, 0.1) is 11.2 Å². The van der Waals surface area contributed by atoms with Crippen molar-refractivity contribution in [3.8, 4) is 17.1 Å². The van der Waals surface area contributed by atoms with Gasteiger partial charge < -0.3 is 4.74 Å². The zero-order chi connectivity index (χ0) is 16.8. The number of nitrogens with zero attached hydrogens (tertiary/aromatic N) is 2. The molecule has 0 aliphatic carbocycles. The maximum atomic E-state index is 12.9. The van der Waals surface area contributed by atoms with Gasteiger partial charge in [-0.3, -0.25) is 9.36 Å². The quantitative estimate of drug-likeness (QED) is 0.497. The van der Waals surface area contributed by atoms with Crippen LogP contribution in [0.2, 0.25) is 0 Å². The SMILES string of the molecule is O=C1c2c(nc3ccccc3c2OCc2ccccc2)-c2cccn21. The maximum Gasteiger partial charge on any atom is 0.268 e. The number of aromatic nitrogens is 2. The van der Waals surface area contributed by atoms with E-state index in [0.717, 1.165) is 22.2 Å². The predicted molar refractivity (Wildman–Crippen MR) is 95.7 cm³/mol. The van der Waals surface area contributed by atoms with Crippen LogP contribution in [0.4, 0.5) is 0 Å². The van der Waals surface area contributed by atoms with E-state index < -0.39 is 0 Å². The number of carbonyl (C=O) groups is 1.